The number of pyridine rings is 2. The quantitative estimate of drug-likeness (QED) is 0.253. The number of hydrogen-bond acceptors (Lipinski definition) is 2. The van der Waals surface area contributed by atoms with E-state index < -0.39 is 0 Å². The summed E-state index contributed by atoms with van der Waals surface area (Å²) in [4.78, 5) is 9.45. The Balaban J connectivity index is 1.69. The summed E-state index contributed by atoms with van der Waals surface area (Å²) in [5, 5.41) is 2.28. The Morgan fingerprint density at radius 3 is 1.73 bits per heavy atom. The number of nitrogens with zero attached hydrogens (tertiary/aromatic N) is 4. The van der Waals surface area contributed by atoms with Crippen LogP contribution in [0.3, 0.4) is 0 Å². The van der Waals surface area contributed by atoms with Gasteiger partial charge in [-0.1, -0.05) is 42.5 Å². The van der Waals surface area contributed by atoms with E-state index in [1.165, 1.54) is 0 Å². The summed E-state index contributed by atoms with van der Waals surface area (Å²) >= 11 is 3.88. The molecule has 7 rings (SSSR count). The minimum absolute atomic E-state index is 0.999. The third-order valence-electron chi connectivity index (χ3n) is 6.28. The molecule has 0 fully saturated rings. The van der Waals surface area contributed by atoms with E-state index in [0.717, 1.165) is 59.7 Å². The first-order chi connectivity index (χ1) is 16.3. The summed E-state index contributed by atoms with van der Waals surface area (Å²) in [5.41, 5.74) is 8.56. The number of benzene rings is 3. The Morgan fingerprint density at radius 2 is 1.06 bits per heavy atom. The molecule has 0 unspecified atom stereocenters. The monoisotopic (exact) mass is 488 g/mol. The second-order valence-corrected chi connectivity index (χ2v) is 8.91. The first-order valence-corrected chi connectivity index (χ1v) is 11.6. The zero-order valence-corrected chi connectivity index (χ0v) is 19.1. The van der Waals surface area contributed by atoms with E-state index in [0.29, 0.717) is 0 Å². The molecule has 0 aliphatic heterocycles. The highest BCUT2D eigenvalue weighted by Gasteiger charge is 2.21. The predicted octanol–water partition coefficient (Wildman–Crippen LogP) is 7.43. The van der Waals surface area contributed by atoms with Crippen LogP contribution in [0.25, 0.3) is 55.2 Å². The third-order valence-corrected chi connectivity index (χ3v) is 6.92. The van der Waals surface area contributed by atoms with Crippen molar-refractivity contribution in [2.45, 2.75) is 0 Å². The van der Waals surface area contributed by atoms with Crippen LogP contribution in [0, 0.1) is 0 Å². The summed E-state index contributed by atoms with van der Waals surface area (Å²) in [6, 6.07) is 31.6. The molecule has 0 bridgehead atoms. The molecule has 0 atom stereocenters. The maximum atomic E-state index is 4.72. The van der Waals surface area contributed by atoms with Crippen molar-refractivity contribution in [1.82, 2.24) is 19.1 Å². The molecule has 0 aliphatic carbocycles. The molecular weight excluding hydrogens is 472 g/mol. The molecule has 33 heavy (non-hydrogen) atoms. The largest absolute Gasteiger partial charge is 0.305 e. The summed E-state index contributed by atoms with van der Waals surface area (Å²) in [7, 11) is 0. The highest BCUT2D eigenvalue weighted by atomic mass is 79.9. The topological polar surface area (TPSA) is 35.6 Å². The normalized spacial score (nSPS) is 11.8. The minimum Gasteiger partial charge on any atom is -0.305 e. The molecule has 3 aromatic carbocycles. The Kier molecular flexibility index (Phi) is 3.96. The van der Waals surface area contributed by atoms with Crippen molar-refractivity contribution < 1.29 is 0 Å². The lowest BCUT2D eigenvalue weighted by Gasteiger charge is -2.18. The van der Waals surface area contributed by atoms with E-state index in [4.69, 9.17) is 9.97 Å². The molecule has 4 heterocycles. The fraction of sp³-hybridized carbons (Fsp3) is 0. The maximum Gasteiger partial charge on any atom is 0.0963 e. The number of fused-ring (bicyclic) bond motifs is 6. The lowest BCUT2D eigenvalue weighted by molar-refractivity contribution is 1.08. The molecule has 0 spiro atoms. The molecule has 0 aliphatic rings. The van der Waals surface area contributed by atoms with Crippen LogP contribution in [-0.4, -0.2) is 19.1 Å². The van der Waals surface area contributed by atoms with Crippen LogP contribution >= 0.6 is 15.9 Å². The van der Waals surface area contributed by atoms with Gasteiger partial charge in [0.05, 0.1) is 44.5 Å². The molecule has 4 nitrogen and oxygen atoms in total. The fourth-order valence-electron chi connectivity index (χ4n) is 4.97. The minimum atomic E-state index is 0.999. The summed E-state index contributed by atoms with van der Waals surface area (Å²) in [5.74, 6) is 0. The smallest absolute Gasteiger partial charge is 0.0963 e. The number of aromatic nitrogens is 4. The summed E-state index contributed by atoms with van der Waals surface area (Å²) < 4.78 is 5.64. The van der Waals surface area contributed by atoms with E-state index in [-0.39, 0.29) is 0 Å². The average Bonchev–Trinajstić information content (AvgIpc) is 3.37. The van der Waals surface area contributed by atoms with Gasteiger partial charge >= 0.3 is 0 Å². The Morgan fingerprint density at radius 1 is 0.515 bits per heavy atom. The first kappa shape index (κ1) is 18.6. The van der Waals surface area contributed by atoms with Gasteiger partial charge < -0.3 is 9.13 Å². The number of hydrogen-bond donors (Lipinski definition) is 0. The van der Waals surface area contributed by atoms with Crippen molar-refractivity contribution in [3.05, 3.63) is 108 Å². The predicted molar refractivity (Wildman–Crippen MR) is 138 cm³/mol. The Labute approximate surface area is 197 Å². The highest BCUT2D eigenvalue weighted by Crippen LogP contribution is 2.39. The van der Waals surface area contributed by atoms with Crippen molar-refractivity contribution in [3.63, 3.8) is 0 Å². The molecule has 156 valence electrons. The summed E-state index contributed by atoms with van der Waals surface area (Å²) in [6.07, 6.45) is 3.72. The van der Waals surface area contributed by atoms with Gasteiger partial charge in [-0.15, -0.1) is 0 Å². The van der Waals surface area contributed by atoms with Crippen LogP contribution < -0.4 is 0 Å². The number of para-hydroxylation sites is 3. The van der Waals surface area contributed by atoms with Gasteiger partial charge in [0.25, 0.3) is 0 Å². The van der Waals surface area contributed by atoms with E-state index >= 15 is 0 Å². The first-order valence-electron chi connectivity index (χ1n) is 10.8. The van der Waals surface area contributed by atoms with Crippen LogP contribution in [0.2, 0.25) is 0 Å². The van der Waals surface area contributed by atoms with E-state index in [1.54, 1.807) is 0 Å². The van der Waals surface area contributed by atoms with Gasteiger partial charge in [-0.2, -0.15) is 0 Å². The van der Waals surface area contributed by atoms with Crippen LogP contribution in [0.5, 0.6) is 0 Å². The zero-order valence-electron chi connectivity index (χ0n) is 17.5. The van der Waals surface area contributed by atoms with Gasteiger partial charge in [-0.3, -0.25) is 9.97 Å². The maximum absolute atomic E-state index is 4.72. The van der Waals surface area contributed by atoms with E-state index in [2.05, 4.69) is 104 Å². The number of rotatable bonds is 2. The lowest BCUT2D eigenvalue weighted by atomic mass is 10.2. The molecule has 5 heteroatoms. The van der Waals surface area contributed by atoms with Gasteiger partial charge in [0, 0.05) is 27.6 Å². The van der Waals surface area contributed by atoms with Gasteiger partial charge in [0.1, 0.15) is 0 Å². The standard InChI is InChI=1S/C28H17BrN4/c29-20-10-5-13-25(32-21-11-3-1-8-18(21)26-23(32)14-6-16-30-26)28(20)33-22-12-4-2-9-19(22)27-24(33)15-7-17-31-27/h1-17H. The second kappa shape index (κ2) is 7.02. The van der Waals surface area contributed by atoms with Crippen molar-refractivity contribution in [2.24, 2.45) is 0 Å². The highest BCUT2D eigenvalue weighted by molar-refractivity contribution is 9.10. The van der Waals surface area contributed by atoms with Crippen molar-refractivity contribution in [1.29, 1.82) is 0 Å². The van der Waals surface area contributed by atoms with Crippen LogP contribution in [0.15, 0.2) is 108 Å². The average molecular weight is 489 g/mol. The van der Waals surface area contributed by atoms with Crippen molar-refractivity contribution in [2.75, 3.05) is 0 Å². The molecule has 4 aromatic heterocycles. The molecular formula is C28H17BrN4. The molecule has 0 N–H and O–H groups in total. The van der Waals surface area contributed by atoms with Crippen LogP contribution in [-0.2, 0) is 0 Å². The SMILES string of the molecule is Brc1cccc(-n2c3ccccc3c3ncccc32)c1-n1c2ccccc2c2ncccc21. The molecule has 0 saturated carbocycles. The van der Waals surface area contributed by atoms with Gasteiger partial charge in [-0.05, 0) is 64.5 Å². The zero-order chi connectivity index (χ0) is 21.9. The Bertz CT molecular complexity index is 1740. The fourth-order valence-corrected chi connectivity index (χ4v) is 5.51. The van der Waals surface area contributed by atoms with Crippen molar-refractivity contribution >= 4 is 59.8 Å². The van der Waals surface area contributed by atoms with Crippen LogP contribution in [0.1, 0.15) is 0 Å². The Hall–Kier alpha value is -3.96. The molecule has 0 saturated heterocycles. The van der Waals surface area contributed by atoms with Crippen LogP contribution in [0.4, 0.5) is 0 Å². The van der Waals surface area contributed by atoms with E-state index in [1.807, 2.05) is 24.5 Å². The molecule has 7 aromatic rings. The lowest BCUT2D eigenvalue weighted by Crippen LogP contribution is -2.04. The second-order valence-electron chi connectivity index (χ2n) is 8.05. The third kappa shape index (κ3) is 2.57. The molecule has 0 amide bonds. The van der Waals surface area contributed by atoms with E-state index in [9.17, 15) is 0 Å². The number of halogens is 1. The van der Waals surface area contributed by atoms with Gasteiger partial charge in [0.15, 0.2) is 0 Å². The summed E-state index contributed by atoms with van der Waals surface area (Å²) in [6.45, 7) is 0. The van der Waals surface area contributed by atoms with Crippen molar-refractivity contribution in [3.8, 4) is 11.4 Å². The molecule has 0 radical (unpaired) electrons. The van der Waals surface area contributed by atoms with Gasteiger partial charge in [0.2, 0.25) is 0 Å². The van der Waals surface area contributed by atoms with Gasteiger partial charge in [-0.25, -0.2) is 0 Å².